The van der Waals surface area contributed by atoms with Gasteiger partial charge in [0, 0.05) is 37.6 Å². The van der Waals surface area contributed by atoms with Crippen LogP contribution in [0.15, 0.2) is 54.9 Å². The number of hydrogen-bond donors (Lipinski definition) is 1. The fourth-order valence-corrected chi connectivity index (χ4v) is 4.89. The third-order valence-corrected chi connectivity index (χ3v) is 6.33. The van der Waals surface area contributed by atoms with Gasteiger partial charge in [0.25, 0.3) is 5.91 Å². The highest BCUT2D eigenvalue weighted by Gasteiger charge is 2.50. The Bertz CT molecular complexity index is 1110. The number of anilines is 1. The summed E-state index contributed by atoms with van der Waals surface area (Å²) in [5, 5.41) is 10.0. The molecule has 5 rings (SSSR count). The number of pyridine rings is 1. The number of phenols is 1. The molecule has 1 saturated heterocycles. The van der Waals surface area contributed by atoms with E-state index in [1.54, 1.807) is 18.2 Å². The molecule has 0 saturated carbocycles. The third-order valence-electron chi connectivity index (χ3n) is 6.33. The van der Waals surface area contributed by atoms with E-state index in [9.17, 15) is 9.90 Å². The first-order valence-corrected chi connectivity index (χ1v) is 10.0. The van der Waals surface area contributed by atoms with Crippen molar-refractivity contribution in [2.75, 3.05) is 24.5 Å². The predicted octanol–water partition coefficient (Wildman–Crippen LogP) is 3.47. The SMILES string of the molecule is CCN1c2cccnc2-n2cccc2[C@@]12CCN(C(=O)c1ccc(C)c(O)c1)C2. The lowest BCUT2D eigenvalue weighted by Gasteiger charge is -2.46. The predicted molar refractivity (Wildman–Crippen MR) is 112 cm³/mol. The Balaban J connectivity index is 1.55. The molecule has 2 aliphatic heterocycles. The van der Waals surface area contributed by atoms with Gasteiger partial charge in [-0.3, -0.25) is 4.79 Å². The Hall–Kier alpha value is -3.28. The van der Waals surface area contributed by atoms with E-state index in [2.05, 4.69) is 45.8 Å². The highest BCUT2D eigenvalue weighted by atomic mass is 16.3. The first-order valence-electron chi connectivity index (χ1n) is 10.0. The molecule has 3 aromatic rings. The molecule has 4 heterocycles. The Kier molecular flexibility index (Phi) is 3.91. The van der Waals surface area contributed by atoms with E-state index in [4.69, 9.17) is 0 Å². The van der Waals surface area contributed by atoms with Crippen molar-refractivity contribution in [1.29, 1.82) is 0 Å². The number of nitrogens with zero attached hydrogens (tertiary/aromatic N) is 4. The van der Waals surface area contributed by atoms with E-state index in [1.807, 2.05) is 24.1 Å². The summed E-state index contributed by atoms with van der Waals surface area (Å²) in [6.45, 7) is 6.09. The molecule has 1 amide bonds. The Morgan fingerprint density at radius 2 is 2.10 bits per heavy atom. The van der Waals surface area contributed by atoms with Crippen molar-refractivity contribution in [2.24, 2.45) is 0 Å². The van der Waals surface area contributed by atoms with Crippen LogP contribution in [0.3, 0.4) is 0 Å². The molecule has 1 fully saturated rings. The molecule has 0 bridgehead atoms. The minimum atomic E-state index is -0.281. The van der Waals surface area contributed by atoms with Crippen LogP contribution in [0.25, 0.3) is 5.82 Å². The number of aryl methyl sites for hydroxylation is 1. The maximum atomic E-state index is 13.2. The smallest absolute Gasteiger partial charge is 0.254 e. The molecule has 6 heteroatoms. The van der Waals surface area contributed by atoms with Crippen LogP contribution in [0.4, 0.5) is 5.69 Å². The van der Waals surface area contributed by atoms with Crippen molar-refractivity contribution < 1.29 is 9.90 Å². The molecule has 29 heavy (non-hydrogen) atoms. The normalized spacial score (nSPS) is 20.1. The summed E-state index contributed by atoms with van der Waals surface area (Å²) in [5.74, 6) is 1.06. The number of hydrogen-bond acceptors (Lipinski definition) is 4. The van der Waals surface area contributed by atoms with Gasteiger partial charge in [-0.25, -0.2) is 4.98 Å². The van der Waals surface area contributed by atoms with E-state index in [-0.39, 0.29) is 17.2 Å². The molecule has 2 aliphatic rings. The summed E-state index contributed by atoms with van der Waals surface area (Å²) in [5.41, 5.74) is 3.29. The number of phenolic OH excluding ortho intramolecular Hbond substituents is 1. The second kappa shape index (κ2) is 6.37. The van der Waals surface area contributed by atoms with E-state index < -0.39 is 0 Å². The maximum Gasteiger partial charge on any atom is 0.254 e. The Morgan fingerprint density at radius 1 is 1.24 bits per heavy atom. The molecule has 0 unspecified atom stereocenters. The van der Waals surface area contributed by atoms with Gasteiger partial charge < -0.3 is 19.5 Å². The summed E-state index contributed by atoms with van der Waals surface area (Å²) in [4.78, 5) is 22.1. The number of aromatic nitrogens is 2. The first kappa shape index (κ1) is 17.8. The minimum Gasteiger partial charge on any atom is -0.508 e. The molecule has 1 spiro atoms. The number of fused-ring (bicyclic) bond motifs is 4. The second-order valence-electron chi connectivity index (χ2n) is 7.86. The van der Waals surface area contributed by atoms with E-state index in [0.717, 1.165) is 30.0 Å². The zero-order valence-electron chi connectivity index (χ0n) is 16.7. The Morgan fingerprint density at radius 3 is 2.90 bits per heavy atom. The van der Waals surface area contributed by atoms with Crippen LogP contribution < -0.4 is 4.90 Å². The number of likely N-dealkylation sites (tertiary alicyclic amines) is 1. The summed E-state index contributed by atoms with van der Waals surface area (Å²) < 4.78 is 2.16. The fourth-order valence-electron chi connectivity index (χ4n) is 4.89. The van der Waals surface area contributed by atoms with Crippen molar-refractivity contribution in [3.63, 3.8) is 0 Å². The lowest BCUT2D eigenvalue weighted by Crippen LogP contribution is -2.52. The van der Waals surface area contributed by atoms with E-state index >= 15 is 0 Å². The molecule has 148 valence electrons. The lowest BCUT2D eigenvalue weighted by molar-refractivity contribution is 0.0781. The molecule has 1 aromatic carbocycles. The van der Waals surface area contributed by atoms with Crippen LogP contribution in [0.2, 0.25) is 0 Å². The van der Waals surface area contributed by atoms with Gasteiger partial charge in [-0.05, 0) is 62.2 Å². The number of amides is 1. The molecule has 6 nitrogen and oxygen atoms in total. The molecule has 0 radical (unpaired) electrons. The van der Waals surface area contributed by atoms with Crippen molar-refractivity contribution >= 4 is 11.6 Å². The van der Waals surface area contributed by atoms with Gasteiger partial charge >= 0.3 is 0 Å². The molecular weight excluding hydrogens is 364 g/mol. The van der Waals surface area contributed by atoms with Crippen molar-refractivity contribution in [2.45, 2.75) is 25.8 Å². The monoisotopic (exact) mass is 388 g/mol. The third kappa shape index (κ3) is 2.48. The second-order valence-corrected chi connectivity index (χ2v) is 7.86. The number of benzene rings is 1. The van der Waals surface area contributed by atoms with Crippen LogP contribution in [-0.4, -0.2) is 45.1 Å². The van der Waals surface area contributed by atoms with Crippen LogP contribution in [0.5, 0.6) is 5.75 Å². The molecular formula is C23H24N4O2. The first-order chi connectivity index (χ1) is 14.0. The van der Waals surface area contributed by atoms with E-state index in [1.165, 1.54) is 5.69 Å². The average molecular weight is 388 g/mol. The minimum absolute atomic E-state index is 0.0386. The van der Waals surface area contributed by atoms with Gasteiger partial charge in [-0.1, -0.05) is 6.07 Å². The summed E-state index contributed by atoms with van der Waals surface area (Å²) >= 11 is 0. The quantitative estimate of drug-likeness (QED) is 0.730. The van der Waals surface area contributed by atoms with Crippen molar-refractivity contribution in [3.05, 3.63) is 71.7 Å². The van der Waals surface area contributed by atoms with Crippen LogP contribution in [-0.2, 0) is 5.54 Å². The summed E-state index contributed by atoms with van der Waals surface area (Å²) in [6, 6.07) is 13.4. The van der Waals surface area contributed by atoms with Crippen molar-refractivity contribution in [3.8, 4) is 11.6 Å². The average Bonchev–Trinajstić information content (AvgIpc) is 3.39. The zero-order valence-corrected chi connectivity index (χ0v) is 16.7. The fraction of sp³-hybridized carbons (Fsp3) is 0.304. The number of rotatable bonds is 2. The van der Waals surface area contributed by atoms with Crippen LogP contribution >= 0.6 is 0 Å². The maximum absolute atomic E-state index is 13.2. The zero-order chi connectivity index (χ0) is 20.2. The summed E-state index contributed by atoms with van der Waals surface area (Å²) in [7, 11) is 0. The number of carbonyl (C=O) groups excluding carboxylic acids is 1. The highest BCUT2D eigenvalue weighted by molar-refractivity contribution is 5.95. The standard InChI is InChI=1S/C23H24N4O2/c1-3-27-18-6-4-11-24-21(18)26-12-5-7-20(26)23(27)10-13-25(15-23)22(29)17-9-8-16(2)19(28)14-17/h4-9,11-12,14,28H,3,10,13,15H2,1-2H3/t23-/m0/s1. The van der Waals surface area contributed by atoms with Gasteiger partial charge in [0.1, 0.15) is 11.3 Å². The molecule has 1 atom stereocenters. The van der Waals surface area contributed by atoms with Gasteiger partial charge in [0.15, 0.2) is 5.82 Å². The number of likely N-dealkylation sites (N-methyl/N-ethyl adjacent to an activating group) is 1. The Labute approximate surface area is 170 Å². The van der Waals surface area contributed by atoms with Crippen LogP contribution in [0.1, 0.15) is 35.0 Å². The van der Waals surface area contributed by atoms with Gasteiger partial charge in [-0.15, -0.1) is 0 Å². The molecule has 0 aliphatic carbocycles. The van der Waals surface area contributed by atoms with Gasteiger partial charge in [-0.2, -0.15) is 0 Å². The lowest BCUT2D eigenvalue weighted by atomic mass is 9.89. The van der Waals surface area contributed by atoms with E-state index in [0.29, 0.717) is 18.7 Å². The number of carbonyl (C=O) groups is 1. The van der Waals surface area contributed by atoms with Gasteiger partial charge in [0.2, 0.25) is 0 Å². The molecule has 2 aromatic heterocycles. The summed E-state index contributed by atoms with van der Waals surface area (Å²) in [6.07, 6.45) is 4.73. The van der Waals surface area contributed by atoms with Crippen LogP contribution in [0, 0.1) is 6.92 Å². The topological polar surface area (TPSA) is 61.6 Å². The molecule has 1 N–H and O–H groups in total. The highest BCUT2D eigenvalue weighted by Crippen LogP contribution is 2.47. The van der Waals surface area contributed by atoms with Crippen molar-refractivity contribution in [1.82, 2.24) is 14.5 Å². The van der Waals surface area contributed by atoms with Gasteiger partial charge in [0.05, 0.1) is 11.4 Å². The number of aromatic hydroxyl groups is 1. The largest absolute Gasteiger partial charge is 0.508 e.